The van der Waals surface area contributed by atoms with Gasteiger partial charge in [-0.1, -0.05) is 193 Å². The topological polar surface area (TPSA) is 83.1 Å². The second kappa shape index (κ2) is 25.1. The summed E-state index contributed by atoms with van der Waals surface area (Å²) in [5.41, 5.74) is 6.36. The molecule has 5 aromatic carbocycles. The van der Waals surface area contributed by atoms with Gasteiger partial charge in [0.25, 0.3) is 0 Å². The summed E-state index contributed by atoms with van der Waals surface area (Å²) in [6, 6.07) is 50.8. The van der Waals surface area contributed by atoms with Crippen molar-refractivity contribution in [1.82, 2.24) is 0 Å². The minimum absolute atomic E-state index is 0.213. The highest BCUT2D eigenvalue weighted by atomic mass is 28.4. The van der Waals surface area contributed by atoms with E-state index in [1.807, 2.05) is 97.1 Å². The average molecular weight is 915 g/mol. The number of hydrogen-bond donors (Lipinski definition) is 0. The Bertz CT molecular complexity index is 2100. The quantitative estimate of drug-likeness (QED) is 0.0562. The van der Waals surface area contributed by atoms with Crippen LogP contribution in [0.25, 0.3) is 0 Å². The Kier molecular flexibility index (Phi) is 18.8. The zero-order valence-corrected chi connectivity index (χ0v) is 40.6. The first-order chi connectivity index (χ1) is 32.2. The van der Waals surface area contributed by atoms with Crippen molar-refractivity contribution in [3.63, 3.8) is 0 Å². The van der Waals surface area contributed by atoms with E-state index in [-0.39, 0.29) is 6.61 Å². The average Bonchev–Trinajstić information content (AvgIpc) is 3.34. The summed E-state index contributed by atoms with van der Waals surface area (Å²) in [7, 11) is -2.27. The lowest BCUT2D eigenvalue weighted by Crippen LogP contribution is -2.63. The third-order valence-corrected chi connectivity index (χ3v) is 18.9. The zero-order valence-electron chi connectivity index (χ0n) is 39.6. The molecule has 5 aromatic rings. The molecule has 10 heteroatoms. The van der Waals surface area contributed by atoms with Crippen LogP contribution in [0.3, 0.4) is 0 Å². The molecule has 352 valence electrons. The number of ether oxygens (including phenoxy) is 8. The van der Waals surface area contributed by atoms with Gasteiger partial charge in [-0.2, -0.15) is 0 Å². The lowest BCUT2D eigenvalue weighted by molar-refractivity contribution is -0.340. The van der Waals surface area contributed by atoms with Gasteiger partial charge in [-0.15, -0.1) is 0 Å². The van der Waals surface area contributed by atoms with Gasteiger partial charge in [0.15, 0.2) is 6.29 Å². The van der Waals surface area contributed by atoms with Crippen LogP contribution in [0.4, 0.5) is 0 Å². The Morgan fingerprint density at radius 3 is 1.27 bits per heavy atom. The monoisotopic (exact) mass is 914 g/mol. The van der Waals surface area contributed by atoms with Crippen molar-refractivity contribution in [2.75, 3.05) is 13.2 Å². The van der Waals surface area contributed by atoms with E-state index in [0.29, 0.717) is 56.3 Å². The van der Waals surface area contributed by atoms with Gasteiger partial charge in [0, 0.05) is 0 Å². The smallest absolute Gasteiger partial charge is 0.200 e. The molecule has 0 bridgehead atoms. The van der Waals surface area contributed by atoms with E-state index in [4.69, 9.17) is 42.3 Å². The summed E-state index contributed by atoms with van der Waals surface area (Å²) in [6.07, 6.45) is -1.55. The van der Waals surface area contributed by atoms with Gasteiger partial charge in [0.2, 0.25) is 8.32 Å². The van der Waals surface area contributed by atoms with Gasteiger partial charge < -0.3 is 42.3 Å². The van der Waals surface area contributed by atoms with E-state index in [2.05, 4.69) is 102 Å². The fraction of sp³-hybridized carbons (Fsp3) is 0.429. The maximum Gasteiger partial charge on any atom is 0.200 e. The Balaban J connectivity index is 1.24. The van der Waals surface area contributed by atoms with Gasteiger partial charge >= 0.3 is 0 Å². The van der Waals surface area contributed by atoms with Gasteiger partial charge in [-0.05, 0) is 50.5 Å². The van der Waals surface area contributed by atoms with Crippen LogP contribution in [0.5, 0.6) is 0 Å². The first-order valence-electron chi connectivity index (χ1n) is 23.7. The van der Waals surface area contributed by atoms with Crippen LogP contribution in [0.15, 0.2) is 164 Å². The van der Waals surface area contributed by atoms with Crippen molar-refractivity contribution in [2.45, 2.75) is 140 Å². The largest absolute Gasteiger partial charge is 0.493 e. The van der Waals surface area contributed by atoms with Crippen molar-refractivity contribution >= 4 is 8.32 Å². The van der Waals surface area contributed by atoms with E-state index in [9.17, 15) is 0 Å². The highest BCUT2D eigenvalue weighted by Crippen LogP contribution is 2.43. The molecule has 7 rings (SSSR count). The van der Waals surface area contributed by atoms with Gasteiger partial charge in [0.05, 0.1) is 52.5 Å². The number of benzene rings is 5. The minimum atomic E-state index is -2.27. The summed E-state index contributed by atoms with van der Waals surface area (Å²) >= 11 is 0. The fourth-order valence-corrected chi connectivity index (χ4v) is 15.0. The molecule has 0 aromatic heterocycles. The van der Waals surface area contributed by atoms with Crippen LogP contribution in [-0.4, -0.2) is 70.5 Å². The molecule has 0 aliphatic carbocycles. The van der Waals surface area contributed by atoms with Crippen molar-refractivity contribution in [2.24, 2.45) is 0 Å². The Hall–Kier alpha value is -4.46. The Morgan fingerprint density at radius 1 is 0.439 bits per heavy atom. The van der Waals surface area contributed by atoms with Gasteiger partial charge in [-0.3, -0.25) is 0 Å². The van der Waals surface area contributed by atoms with Crippen LogP contribution in [0.1, 0.15) is 69.4 Å². The molecular weight excluding hydrogens is 845 g/mol. The predicted octanol–water partition coefficient (Wildman–Crippen LogP) is 11.8. The van der Waals surface area contributed by atoms with Crippen LogP contribution in [0, 0.1) is 0 Å². The van der Waals surface area contributed by atoms with Crippen LogP contribution >= 0.6 is 0 Å². The molecule has 0 N–H and O–H groups in total. The second-order valence-electron chi connectivity index (χ2n) is 18.3. The van der Waals surface area contributed by atoms with Crippen molar-refractivity contribution in [3.05, 3.63) is 192 Å². The molecule has 5 unspecified atom stereocenters. The predicted molar refractivity (Wildman–Crippen MR) is 261 cm³/mol. The van der Waals surface area contributed by atoms with Crippen LogP contribution in [-0.2, 0) is 75.4 Å². The summed E-state index contributed by atoms with van der Waals surface area (Å²) in [6.45, 7) is 16.1. The lowest BCUT2D eigenvalue weighted by Gasteiger charge is -2.47. The fourth-order valence-electron chi connectivity index (χ4n) is 9.59. The van der Waals surface area contributed by atoms with E-state index >= 15 is 0 Å². The molecule has 2 aliphatic heterocycles. The molecule has 0 radical (unpaired) electrons. The highest BCUT2D eigenvalue weighted by Gasteiger charge is 2.52. The van der Waals surface area contributed by atoms with Gasteiger partial charge in [0.1, 0.15) is 42.7 Å². The molecule has 0 saturated carbocycles. The SMILES string of the molecule is CC(C)[Si](OCC1OC=CC(O[C@@H]2OC(COCc3ccccc3)[C@@H](OCc3ccccc3)[C@@H](OCc3ccccc3)C2OCc2ccccc2)C1OCc1ccccc1)(C(C)C)C(C)C. The third kappa shape index (κ3) is 13.4. The standard InChI is InChI=1S/C56H70O9Si/c1-41(2)66(42(3)4,43(5)6)63-40-50-52(59-35-45-24-14-8-15-25-45)49(32-33-58-50)64-56-55(62-38-48-30-20-11-21-31-48)54(61-37-47-28-18-10-19-29-47)53(60-36-46-26-16-9-17-27-46)51(65-56)39-57-34-44-22-12-7-13-23-44/h7-33,41-43,49-56H,34-40H2,1-6H3/t49?,50?,51?,52?,53-,54-,55?,56-/m1/s1. The van der Waals surface area contributed by atoms with E-state index < -0.39 is 57.3 Å². The molecule has 0 spiro atoms. The van der Waals surface area contributed by atoms with Crippen molar-refractivity contribution in [3.8, 4) is 0 Å². The summed E-state index contributed by atoms with van der Waals surface area (Å²) < 4.78 is 62.3. The minimum Gasteiger partial charge on any atom is -0.493 e. The molecule has 9 nitrogen and oxygen atoms in total. The lowest BCUT2D eigenvalue weighted by atomic mass is 9.97. The molecule has 1 saturated heterocycles. The van der Waals surface area contributed by atoms with E-state index in [0.717, 1.165) is 27.8 Å². The maximum absolute atomic E-state index is 7.25. The number of hydrogen-bond acceptors (Lipinski definition) is 9. The first kappa shape index (κ1) is 49.4. The molecule has 8 atom stereocenters. The molecular formula is C56H70O9Si. The molecule has 0 amide bonds. The summed E-state index contributed by atoms with van der Waals surface area (Å²) in [5, 5.41) is 0. The van der Waals surface area contributed by atoms with E-state index in [1.165, 1.54) is 0 Å². The molecule has 2 heterocycles. The second-order valence-corrected chi connectivity index (χ2v) is 23.8. The normalized spacial score (nSPS) is 23.3. The molecule has 2 aliphatic rings. The summed E-state index contributed by atoms with van der Waals surface area (Å²) in [4.78, 5) is 0. The van der Waals surface area contributed by atoms with Gasteiger partial charge in [-0.25, -0.2) is 0 Å². The van der Waals surface area contributed by atoms with Crippen LogP contribution < -0.4 is 0 Å². The number of rotatable bonds is 24. The summed E-state index contributed by atoms with van der Waals surface area (Å²) in [5.74, 6) is 0. The molecule has 66 heavy (non-hydrogen) atoms. The van der Waals surface area contributed by atoms with E-state index in [1.54, 1.807) is 6.26 Å². The Labute approximate surface area is 394 Å². The third-order valence-electron chi connectivity index (χ3n) is 12.8. The Morgan fingerprint density at radius 2 is 0.833 bits per heavy atom. The molecule has 1 fully saturated rings. The van der Waals surface area contributed by atoms with Crippen molar-refractivity contribution in [1.29, 1.82) is 0 Å². The van der Waals surface area contributed by atoms with Crippen LogP contribution in [0.2, 0.25) is 16.6 Å². The first-order valence-corrected chi connectivity index (χ1v) is 25.9. The zero-order chi connectivity index (χ0) is 46.1. The van der Waals surface area contributed by atoms with Crippen molar-refractivity contribution < 1.29 is 42.3 Å². The maximum atomic E-state index is 7.25. The highest BCUT2D eigenvalue weighted by molar-refractivity contribution is 6.77.